The van der Waals surface area contributed by atoms with Crippen LogP contribution in [0.25, 0.3) is 43.8 Å². The minimum absolute atomic E-state index is 0.0176. The Morgan fingerprint density at radius 1 is 0.800 bits per heavy atom. The van der Waals surface area contributed by atoms with Crippen LogP contribution in [0, 0.1) is 29.2 Å². The Morgan fingerprint density at radius 3 is 2.20 bits per heavy atom. The third-order valence-electron chi connectivity index (χ3n) is 5.15. The topological polar surface area (TPSA) is 77.7 Å². The van der Waals surface area contributed by atoms with Crippen molar-refractivity contribution in [2.24, 2.45) is 0 Å². The summed E-state index contributed by atoms with van der Waals surface area (Å²) in [6, 6.07) is 24.9. The van der Waals surface area contributed by atoms with Crippen molar-refractivity contribution in [3.8, 4) is 34.5 Å². The highest BCUT2D eigenvalue weighted by Gasteiger charge is 2.29. The van der Waals surface area contributed by atoms with Crippen LogP contribution < -0.4 is 0 Å². The maximum Gasteiger partial charge on any atom is 0.271 e. The predicted molar refractivity (Wildman–Crippen MR) is 113 cm³/mol. The van der Waals surface area contributed by atoms with E-state index < -0.39 is 0 Å². The van der Waals surface area contributed by atoms with Gasteiger partial charge in [-0.25, -0.2) is 20.1 Å². The first-order chi connectivity index (χ1) is 14.7. The summed E-state index contributed by atoms with van der Waals surface area (Å²) in [5.41, 5.74) is 7.49. The average molecular weight is 381 g/mol. The molecule has 0 radical (unpaired) electrons. The standard InChI is InChI=1S/C25H11N5/c1-28-22(14-27)23-18-4-2-3-5-19(18)24-25(23)29-20-11-10-17(12-21(20)30-24)16-8-6-15(13-26)7-9-16/h2-12H/b23-22+. The van der Waals surface area contributed by atoms with Gasteiger partial charge in [-0.05, 0) is 41.0 Å². The predicted octanol–water partition coefficient (Wildman–Crippen LogP) is 5.35. The fourth-order valence-electron chi connectivity index (χ4n) is 3.74. The Balaban J connectivity index is 1.74. The number of benzene rings is 3. The molecule has 0 bridgehead atoms. The monoisotopic (exact) mass is 381 g/mol. The fourth-order valence-corrected chi connectivity index (χ4v) is 3.74. The number of aromatic nitrogens is 2. The highest BCUT2D eigenvalue weighted by Crippen LogP contribution is 2.44. The summed E-state index contributed by atoms with van der Waals surface area (Å²) in [6.07, 6.45) is 0. The first kappa shape index (κ1) is 17.3. The van der Waals surface area contributed by atoms with Crippen molar-refractivity contribution in [2.45, 2.75) is 0 Å². The second-order valence-electron chi connectivity index (χ2n) is 6.81. The van der Waals surface area contributed by atoms with E-state index in [0.717, 1.165) is 27.8 Å². The largest absolute Gasteiger partial charge is 0.271 e. The van der Waals surface area contributed by atoms with Crippen LogP contribution in [0.1, 0.15) is 16.8 Å². The zero-order valence-electron chi connectivity index (χ0n) is 15.6. The summed E-state index contributed by atoms with van der Waals surface area (Å²) in [5, 5.41) is 18.5. The molecule has 1 heterocycles. The van der Waals surface area contributed by atoms with Gasteiger partial charge in [-0.3, -0.25) is 0 Å². The molecule has 5 heteroatoms. The molecule has 0 spiro atoms. The molecule has 1 aromatic heterocycles. The van der Waals surface area contributed by atoms with Crippen molar-refractivity contribution >= 4 is 16.6 Å². The molecule has 3 aromatic carbocycles. The van der Waals surface area contributed by atoms with Crippen LogP contribution in [0.4, 0.5) is 0 Å². The molecule has 5 nitrogen and oxygen atoms in total. The minimum atomic E-state index is 0.0176. The summed E-state index contributed by atoms with van der Waals surface area (Å²) in [5.74, 6) is 0. The van der Waals surface area contributed by atoms with Crippen LogP contribution in [-0.4, -0.2) is 9.97 Å². The van der Waals surface area contributed by atoms with Crippen LogP contribution >= 0.6 is 0 Å². The second-order valence-corrected chi connectivity index (χ2v) is 6.81. The van der Waals surface area contributed by atoms with Gasteiger partial charge in [-0.1, -0.05) is 42.5 Å². The van der Waals surface area contributed by atoms with E-state index in [4.69, 9.17) is 21.8 Å². The van der Waals surface area contributed by atoms with E-state index in [0.29, 0.717) is 28.0 Å². The van der Waals surface area contributed by atoms with Crippen molar-refractivity contribution in [3.05, 3.63) is 101 Å². The molecular formula is C25H11N5. The van der Waals surface area contributed by atoms with E-state index in [1.807, 2.05) is 60.7 Å². The van der Waals surface area contributed by atoms with Gasteiger partial charge in [0.2, 0.25) is 0 Å². The molecule has 0 aliphatic heterocycles. The molecule has 4 aromatic rings. The Morgan fingerprint density at radius 2 is 1.50 bits per heavy atom. The van der Waals surface area contributed by atoms with Gasteiger partial charge >= 0.3 is 0 Å². The van der Waals surface area contributed by atoms with Gasteiger partial charge < -0.3 is 0 Å². The SMILES string of the molecule is [C-]#[N+]/C(C#N)=C1\c2ccccc2-c2nc3cc(-c4ccc(C#N)cc4)ccc3nc21. The van der Waals surface area contributed by atoms with Crippen molar-refractivity contribution < 1.29 is 0 Å². The summed E-state index contributed by atoms with van der Waals surface area (Å²) in [6.45, 7) is 7.40. The molecule has 5 rings (SSSR count). The van der Waals surface area contributed by atoms with Crippen molar-refractivity contribution in [1.29, 1.82) is 10.5 Å². The molecular weight excluding hydrogens is 370 g/mol. The number of allylic oxidation sites excluding steroid dienone is 1. The number of hydrogen-bond acceptors (Lipinski definition) is 4. The number of fused-ring (bicyclic) bond motifs is 4. The third kappa shape index (κ3) is 2.53. The Kier molecular flexibility index (Phi) is 3.85. The lowest BCUT2D eigenvalue weighted by Crippen LogP contribution is -1.94. The number of nitriles is 2. The molecule has 0 atom stereocenters. The maximum atomic E-state index is 9.46. The van der Waals surface area contributed by atoms with Crippen LogP contribution in [0.3, 0.4) is 0 Å². The number of hydrogen-bond donors (Lipinski definition) is 0. The molecule has 0 N–H and O–H groups in total. The number of rotatable bonds is 1. The van der Waals surface area contributed by atoms with E-state index in [1.54, 1.807) is 12.1 Å². The average Bonchev–Trinajstić information content (AvgIpc) is 3.12. The molecule has 0 unspecified atom stereocenters. The normalized spacial score (nSPS) is 13.0. The van der Waals surface area contributed by atoms with E-state index in [9.17, 15) is 5.26 Å². The van der Waals surface area contributed by atoms with E-state index in [2.05, 4.69) is 10.9 Å². The highest BCUT2D eigenvalue weighted by molar-refractivity contribution is 6.02. The molecule has 0 saturated carbocycles. The molecule has 0 saturated heterocycles. The van der Waals surface area contributed by atoms with Gasteiger partial charge in [0, 0.05) is 11.1 Å². The van der Waals surface area contributed by atoms with Gasteiger partial charge in [0.15, 0.2) is 0 Å². The molecule has 136 valence electrons. The lowest BCUT2D eigenvalue weighted by atomic mass is 10.0. The van der Waals surface area contributed by atoms with Crippen molar-refractivity contribution in [2.75, 3.05) is 0 Å². The van der Waals surface area contributed by atoms with Gasteiger partial charge in [0.1, 0.15) is 0 Å². The van der Waals surface area contributed by atoms with Crippen molar-refractivity contribution in [1.82, 2.24) is 9.97 Å². The minimum Gasteiger partial charge on any atom is -0.245 e. The van der Waals surface area contributed by atoms with E-state index in [1.165, 1.54) is 0 Å². The van der Waals surface area contributed by atoms with E-state index in [-0.39, 0.29) is 5.70 Å². The molecule has 0 amide bonds. The van der Waals surface area contributed by atoms with Crippen molar-refractivity contribution in [3.63, 3.8) is 0 Å². The van der Waals surface area contributed by atoms with Crippen LogP contribution in [0.2, 0.25) is 0 Å². The van der Waals surface area contributed by atoms with E-state index >= 15 is 0 Å². The van der Waals surface area contributed by atoms with Gasteiger partial charge in [0.05, 0.1) is 46.7 Å². The quantitative estimate of drug-likeness (QED) is 0.290. The highest BCUT2D eigenvalue weighted by atomic mass is 14.9. The summed E-state index contributed by atoms with van der Waals surface area (Å²) in [7, 11) is 0. The first-order valence-corrected chi connectivity index (χ1v) is 9.18. The summed E-state index contributed by atoms with van der Waals surface area (Å²) < 4.78 is 0. The Bertz CT molecular complexity index is 1490. The first-order valence-electron chi connectivity index (χ1n) is 9.18. The molecule has 0 fully saturated rings. The number of nitrogens with zero attached hydrogens (tertiary/aromatic N) is 5. The molecule has 1 aliphatic carbocycles. The van der Waals surface area contributed by atoms with Gasteiger partial charge in [0.25, 0.3) is 5.70 Å². The third-order valence-corrected chi connectivity index (χ3v) is 5.15. The lowest BCUT2D eigenvalue weighted by molar-refractivity contribution is 1.27. The van der Waals surface area contributed by atoms with Crippen LogP contribution in [0.5, 0.6) is 0 Å². The second kappa shape index (κ2) is 6.67. The van der Waals surface area contributed by atoms with Crippen LogP contribution in [-0.2, 0) is 0 Å². The molecule has 1 aliphatic rings. The van der Waals surface area contributed by atoms with Gasteiger partial charge in [-0.15, -0.1) is 0 Å². The van der Waals surface area contributed by atoms with Crippen LogP contribution in [0.15, 0.2) is 72.4 Å². The Labute approximate surface area is 172 Å². The zero-order valence-corrected chi connectivity index (χ0v) is 15.6. The zero-order chi connectivity index (χ0) is 20.7. The Hall–Kier alpha value is -4.79. The van der Waals surface area contributed by atoms with Gasteiger partial charge in [-0.2, -0.15) is 5.26 Å². The summed E-state index contributed by atoms with van der Waals surface area (Å²) >= 11 is 0. The fraction of sp³-hybridized carbons (Fsp3) is 0. The smallest absolute Gasteiger partial charge is 0.245 e. The maximum absolute atomic E-state index is 9.46. The summed E-state index contributed by atoms with van der Waals surface area (Å²) in [4.78, 5) is 13.0. The lowest BCUT2D eigenvalue weighted by Gasteiger charge is -2.07. The molecule has 30 heavy (non-hydrogen) atoms.